The highest BCUT2D eigenvalue weighted by Gasteiger charge is 2.09. The quantitative estimate of drug-likeness (QED) is 0.777. The van der Waals surface area contributed by atoms with Crippen LogP contribution in [0.1, 0.15) is 19.4 Å². The van der Waals surface area contributed by atoms with Crippen LogP contribution in [-0.4, -0.2) is 44.1 Å². The summed E-state index contributed by atoms with van der Waals surface area (Å²) in [5.74, 6) is 0.776. The number of likely N-dealkylation sites (N-methyl/N-ethyl adjacent to an activating group) is 2. The Balaban J connectivity index is 2.43. The molecule has 1 amide bonds. The van der Waals surface area contributed by atoms with E-state index in [1.807, 2.05) is 45.2 Å². The van der Waals surface area contributed by atoms with Gasteiger partial charge in [0.1, 0.15) is 5.75 Å². The van der Waals surface area contributed by atoms with E-state index in [9.17, 15) is 4.79 Å². The van der Waals surface area contributed by atoms with Crippen LogP contribution in [0.25, 0.3) is 0 Å². The predicted octanol–water partition coefficient (Wildman–Crippen LogP) is 1.70. The van der Waals surface area contributed by atoms with Crippen LogP contribution >= 0.6 is 0 Å². The van der Waals surface area contributed by atoms with Crippen LogP contribution in [0.15, 0.2) is 24.3 Å². The van der Waals surface area contributed by atoms with Crippen LogP contribution in [0.2, 0.25) is 0 Å². The zero-order valence-electron chi connectivity index (χ0n) is 12.1. The molecule has 1 aromatic rings. The van der Waals surface area contributed by atoms with E-state index in [4.69, 9.17) is 4.74 Å². The summed E-state index contributed by atoms with van der Waals surface area (Å²) in [4.78, 5) is 13.5. The minimum absolute atomic E-state index is 0.0317. The number of hydrogen-bond donors (Lipinski definition) is 1. The van der Waals surface area contributed by atoms with Gasteiger partial charge in [-0.3, -0.25) is 4.79 Å². The summed E-state index contributed by atoms with van der Waals surface area (Å²) in [7, 11) is 1.94. The Hall–Kier alpha value is -1.55. The topological polar surface area (TPSA) is 41.6 Å². The summed E-state index contributed by atoms with van der Waals surface area (Å²) in [6, 6.07) is 7.91. The largest absolute Gasteiger partial charge is 0.484 e. The van der Waals surface area contributed by atoms with Gasteiger partial charge in [-0.05, 0) is 51.6 Å². The second-order valence-electron chi connectivity index (χ2n) is 4.35. The van der Waals surface area contributed by atoms with E-state index in [0.717, 1.165) is 31.8 Å². The molecule has 1 rings (SSSR count). The third-order valence-electron chi connectivity index (χ3n) is 3.07. The van der Waals surface area contributed by atoms with Gasteiger partial charge in [-0.15, -0.1) is 0 Å². The van der Waals surface area contributed by atoms with Gasteiger partial charge in [0.2, 0.25) is 0 Å². The van der Waals surface area contributed by atoms with E-state index in [1.54, 1.807) is 4.90 Å². The molecule has 0 unspecified atom stereocenters. The van der Waals surface area contributed by atoms with E-state index in [0.29, 0.717) is 0 Å². The first-order chi connectivity index (χ1) is 9.21. The number of rotatable bonds is 8. The van der Waals surface area contributed by atoms with Crippen LogP contribution in [0.5, 0.6) is 5.75 Å². The maximum Gasteiger partial charge on any atom is 0.260 e. The molecule has 0 aromatic heterocycles. The molecule has 1 aromatic carbocycles. The van der Waals surface area contributed by atoms with Crippen LogP contribution in [-0.2, 0) is 11.2 Å². The van der Waals surface area contributed by atoms with Crippen molar-refractivity contribution in [3.63, 3.8) is 0 Å². The molecule has 0 radical (unpaired) electrons. The third-order valence-corrected chi connectivity index (χ3v) is 3.07. The first kappa shape index (κ1) is 15.5. The van der Waals surface area contributed by atoms with Gasteiger partial charge in [0.05, 0.1) is 0 Å². The van der Waals surface area contributed by atoms with Gasteiger partial charge < -0.3 is 15.0 Å². The van der Waals surface area contributed by atoms with E-state index >= 15 is 0 Å². The first-order valence-corrected chi connectivity index (χ1v) is 6.85. The number of benzene rings is 1. The predicted molar refractivity (Wildman–Crippen MR) is 77.5 cm³/mol. The number of hydrogen-bond acceptors (Lipinski definition) is 3. The molecule has 0 aliphatic heterocycles. The molecule has 4 heteroatoms. The van der Waals surface area contributed by atoms with Gasteiger partial charge in [-0.25, -0.2) is 0 Å². The van der Waals surface area contributed by atoms with Crippen molar-refractivity contribution < 1.29 is 9.53 Å². The standard InChI is InChI=1S/C15H24N2O2/c1-4-17(5-2)15(18)12-19-14-8-6-13(7-9-14)10-11-16-3/h6-9,16H,4-5,10-12H2,1-3H3. The lowest BCUT2D eigenvalue weighted by Crippen LogP contribution is -2.34. The highest BCUT2D eigenvalue weighted by Crippen LogP contribution is 2.12. The Bertz CT molecular complexity index is 372. The fraction of sp³-hybridized carbons (Fsp3) is 0.533. The highest BCUT2D eigenvalue weighted by molar-refractivity contribution is 5.77. The zero-order valence-corrected chi connectivity index (χ0v) is 12.1. The van der Waals surface area contributed by atoms with E-state index in [1.165, 1.54) is 5.56 Å². The van der Waals surface area contributed by atoms with Gasteiger partial charge >= 0.3 is 0 Å². The van der Waals surface area contributed by atoms with Gasteiger partial charge in [-0.1, -0.05) is 12.1 Å². The Morgan fingerprint density at radius 3 is 2.37 bits per heavy atom. The number of nitrogens with one attached hydrogen (secondary N) is 1. The minimum atomic E-state index is 0.0317. The van der Waals surface area contributed by atoms with Crippen molar-refractivity contribution in [2.45, 2.75) is 20.3 Å². The van der Waals surface area contributed by atoms with E-state index in [-0.39, 0.29) is 12.5 Å². The summed E-state index contributed by atoms with van der Waals surface area (Å²) in [5.41, 5.74) is 1.26. The molecular formula is C15H24N2O2. The Morgan fingerprint density at radius 1 is 1.21 bits per heavy atom. The molecule has 19 heavy (non-hydrogen) atoms. The number of nitrogens with zero attached hydrogens (tertiary/aromatic N) is 1. The molecule has 0 atom stereocenters. The Morgan fingerprint density at radius 2 is 1.84 bits per heavy atom. The van der Waals surface area contributed by atoms with Gasteiger partial charge in [0.15, 0.2) is 6.61 Å². The average Bonchev–Trinajstić information content (AvgIpc) is 2.45. The van der Waals surface area contributed by atoms with E-state index < -0.39 is 0 Å². The summed E-state index contributed by atoms with van der Waals surface area (Å²) in [5, 5.41) is 3.11. The summed E-state index contributed by atoms with van der Waals surface area (Å²) in [6.45, 7) is 6.46. The van der Waals surface area contributed by atoms with Crippen molar-refractivity contribution in [3.05, 3.63) is 29.8 Å². The molecule has 106 valence electrons. The molecule has 0 spiro atoms. The smallest absolute Gasteiger partial charge is 0.260 e. The zero-order chi connectivity index (χ0) is 14.1. The van der Waals surface area contributed by atoms with Gasteiger partial charge in [0.25, 0.3) is 5.91 Å². The van der Waals surface area contributed by atoms with Gasteiger partial charge in [-0.2, -0.15) is 0 Å². The molecule has 0 heterocycles. The molecule has 0 fully saturated rings. The number of ether oxygens (including phenoxy) is 1. The van der Waals surface area contributed by atoms with Crippen LogP contribution in [0, 0.1) is 0 Å². The lowest BCUT2D eigenvalue weighted by Gasteiger charge is -2.18. The Labute approximate surface area is 115 Å². The van der Waals surface area contributed by atoms with Crippen molar-refractivity contribution in [1.29, 1.82) is 0 Å². The maximum absolute atomic E-state index is 11.8. The van der Waals surface area contributed by atoms with Crippen molar-refractivity contribution in [2.24, 2.45) is 0 Å². The third kappa shape index (κ3) is 5.30. The molecule has 0 saturated heterocycles. The molecule has 0 aliphatic carbocycles. The number of carbonyl (C=O) groups is 1. The van der Waals surface area contributed by atoms with Crippen molar-refractivity contribution in [3.8, 4) is 5.75 Å². The van der Waals surface area contributed by atoms with Gasteiger partial charge in [0, 0.05) is 13.1 Å². The number of carbonyl (C=O) groups excluding carboxylic acids is 1. The normalized spacial score (nSPS) is 10.3. The Kier molecular flexibility index (Phi) is 6.97. The molecule has 4 nitrogen and oxygen atoms in total. The van der Waals surface area contributed by atoms with Crippen LogP contribution in [0.3, 0.4) is 0 Å². The first-order valence-electron chi connectivity index (χ1n) is 6.85. The van der Waals surface area contributed by atoms with Crippen molar-refractivity contribution in [1.82, 2.24) is 10.2 Å². The number of amides is 1. The highest BCUT2D eigenvalue weighted by atomic mass is 16.5. The fourth-order valence-corrected chi connectivity index (χ4v) is 1.83. The van der Waals surface area contributed by atoms with Crippen LogP contribution in [0.4, 0.5) is 0 Å². The monoisotopic (exact) mass is 264 g/mol. The van der Waals surface area contributed by atoms with Crippen molar-refractivity contribution in [2.75, 3.05) is 33.3 Å². The lowest BCUT2D eigenvalue weighted by atomic mass is 10.1. The second-order valence-corrected chi connectivity index (χ2v) is 4.35. The molecular weight excluding hydrogens is 240 g/mol. The molecule has 0 bridgehead atoms. The summed E-state index contributed by atoms with van der Waals surface area (Å²) >= 11 is 0. The van der Waals surface area contributed by atoms with Crippen LogP contribution < -0.4 is 10.1 Å². The molecule has 1 N–H and O–H groups in total. The lowest BCUT2D eigenvalue weighted by molar-refractivity contribution is -0.132. The average molecular weight is 264 g/mol. The maximum atomic E-state index is 11.8. The SMILES string of the molecule is CCN(CC)C(=O)COc1ccc(CCNC)cc1. The summed E-state index contributed by atoms with van der Waals surface area (Å²) in [6.07, 6.45) is 0.995. The molecule has 0 aliphatic rings. The molecule has 0 saturated carbocycles. The minimum Gasteiger partial charge on any atom is -0.484 e. The fourth-order valence-electron chi connectivity index (χ4n) is 1.83. The van der Waals surface area contributed by atoms with E-state index in [2.05, 4.69) is 5.32 Å². The second kappa shape index (κ2) is 8.53. The summed E-state index contributed by atoms with van der Waals surface area (Å²) < 4.78 is 5.51. The van der Waals surface area contributed by atoms with Crippen molar-refractivity contribution >= 4 is 5.91 Å².